The molecule has 0 aliphatic heterocycles. The van der Waals surface area contributed by atoms with E-state index in [1.807, 2.05) is 6.92 Å². The number of nitrogen functional groups attached to an aromatic ring is 1. The Bertz CT molecular complexity index is 432. The summed E-state index contributed by atoms with van der Waals surface area (Å²) in [6.07, 6.45) is 0. The molecular formula is C11H15N3O3. The first-order valence-corrected chi connectivity index (χ1v) is 5.18. The van der Waals surface area contributed by atoms with Crippen LogP contribution in [0.1, 0.15) is 17.3 Å². The lowest BCUT2D eigenvalue weighted by Crippen LogP contribution is -2.22. The molecule has 0 radical (unpaired) electrons. The fraction of sp³-hybridized carbons (Fsp3) is 0.273. The van der Waals surface area contributed by atoms with Gasteiger partial charge in [-0.05, 0) is 25.1 Å². The molecule has 0 aliphatic rings. The van der Waals surface area contributed by atoms with E-state index in [1.165, 1.54) is 6.07 Å². The molecule has 92 valence electrons. The second-order valence-corrected chi connectivity index (χ2v) is 3.41. The zero-order valence-electron chi connectivity index (χ0n) is 9.49. The Labute approximate surface area is 98.8 Å². The van der Waals surface area contributed by atoms with E-state index >= 15 is 0 Å². The number of hydrogen-bond acceptors (Lipinski definition) is 4. The minimum absolute atomic E-state index is 0.205. The molecule has 1 aromatic carbocycles. The smallest absolute Gasteiger partial charge is 0.322 e. The Morgan fingerprint density at radius 1 is 1.41 bits per heavy atom. The van der Waals surface area contributed by atoms with E-state index in [0.29, 0.717) is 23.5 Å². The average Bonchev–Trinajstić information content (AvgIpc) is 2.27. The topological polar surface area (TPSA) is 104 Å². The molecule has 1 rings (SSSR count). The van der Waals surface area contributed by atoms with Gasteiger partial charge >= 0.3 is 5.97 Å². The molecule has 0 heterocycles. The molecule has 1 aromatic rings. The Kier molecular flexibility index (Phi) is 4.33. The van der Waals surface area contributed by atoms with E-state index < -0.39 is 5.97 Å². The second kappa shape index (κ2) is 5.74. The Morgan fingerprint density at radius 2 is 2.12 bits per heavy atom. The number of carbonyl (C=O) groups is 2. The number of hydrogen-bond donors (Lipinski definition) is 4. The molecule has 1 amide bonds. The van der Waals surface area contributed by atoms with Crippen molar-refractivity contribution < 1.29 is 14.7 Å². The van der Waals surface area contributed by atoms with Crippen molar-refractivity contribution in [1.82, 2.24) is 5.32 Å². The van der Waals surface area contributed by atoms with E-state index in [1.54, 1.807) is 12.1 Å². The van der Waals surface area contributed by atoms with Gasteiger partial charge in [-0.25, -0.2) is 0 Å². The van der Waals surface area contributed by atoms with Crippen molar-refractivity contribution in [3.05, 3.63) is 23.8 Å². The van der Waals surface area contributed by atoms with Crippen LogP contribution in [0, 0.1) is 0 Å². The summed E-state index contributed by atoms with van der Waals surface area (Å²) in [5.74, 6) is -1.18. The summed E-state index contributed by atoms with van der Waals surface area (Å²) in [6, 6.07) is 4.68. The maximum atomic E-state index is 11.5. The van der Waals surface area contributed by atoms with Crippen LogP contribution in [0.2, 0.25) is 0 Å². The van der Waals surface area contributed by atoms with Gasteiger partial charge in [0.2, 0.25) is 0 Å². The number of amides is 1. The number of carbonyl (C=O) groups excluding carboxylic acids is 1. The molecule has 6 heteroatoms. The second-order valence-electron chi connectivity index (χ2n) is 3.41. The summed E-state index contributed by atoms with van der Waals surface area (Å²) in [5.41, 5.74) is 7.00. The van der Waals surface area contributed by atoms with Crippen molar-refractivity contribution in [1.29, 1.82) is 0 Å². The lowest BCUT2D eigenvalue weighted by atomic mass is 10.1. The summed E-state index contributed by atoms with van der Waals surface area (Å²) < 4.78 is 0. The van der Waals surface area contributed by atoms with Gasteiger partial charge in [0, 0.05) is 12.1 Å². The molecule has 0 atom stereocenters. The number of rotatable bonds is 5. The van der Waals surface area contributed by atoms with Gasteiger partial charge in [-0.1, -0.05) is 0 Å². The van der Waals surface area contributed by atoms with Crippen LogP contribution in [0.5, 0.6) is 0 Å². The summed E-state index contributed by atoms with van der Waals surface area (Å²) >= 11 is 0. The van der Waals surface area contributed by atoms with E-state index in [-0.39, 0.29) is 12.5 Å². The molecule has 0 saturated heterocycles. The molecule has 0 aliphatic carbocycles. The van der Waals surface area contributed by atoms with Gasteiger partial charge in [0.15, 0.2) is 0 Å². The maximum Gasteiger partial charge on any atom is 0.322 e. The number of carboxylic acid groups (broad SMARTS) is 1. The standard InChI is InChI=1S/C11H15N3O3/c1-2-13-11(17)7-3-4-9(8(12)5-7)14-6-10(15)16/h3-5,14H,2,6,12H2,1H3,(H,13,17)(H,15,16). The number of anilines is 2. The lowest BCUT2D eigenvalue weighted by molar-refractivity contribution is -0.134. The van der Waals surface area contributed by atoms with Crippen molar-refractivity contribution in [2.75, 3.05) is 24.1 Å². The highest BCUT2D eigenvalue weighted by atomic mass is 16.4. The van der Waals surface area contributed by atoms with Gasteiger partial charge in [-0.15, -0.1) is 0 Å². The quantitative estimate of drug-likeness (QED) is 0.559. The molecule has 0 spiro atoms. The summed E-state index contributed by atoms with van der Waals surface area (Å²) in [6.45, 7) is 2.15. The highest BCUT2D eigenvalue weighted by Crippen LogP contribution is 2.19. The van der Waals surface area contributed by atoms with Crippen LogP contribution in [0.3, 0.4) is 0 Å². The molecule has 17 heavy (non-hydrogen) atoms. The van der Waals surface area contributed by atoms with E-state index in [9.17, 15) is 9.59 Å². The number of nitrogens with one attached hydrogen (secondary N) is 2. The molecule has 0 saturated carbocycles. The predicted molar refractivity (Wildman–Crippen MR) is 65.0 cm³/mol. The van der Waals surface area contributed by atoms with Crippen LogP contribution in [0.25, 0.3) is 0 Å². The molecule has 5 N–H and O–H groups in total. The highest BCUT2D eigenvalue weighted by Gasteiger charge is 2.07. The minimum Gasteiger partial charge on any atom is -0.480 e. The van der Waals surface area contributed by atoms with Crippen molar-refractivity contribution in [2.24, 2.45) is 0 Å². The fourth-order valence-electron chi connectivity index (χ4n) is 1.30. The van der Waals surface area contributed by atoms with Crippen molar-refractivity contribution >= 4 is 23.3 Å². The first-order chi connectivity index (χ1) is 8.04. The Morgan fingerprint density at radius 3 is 2.65 bits per heavy atom. The normalized spacial score (nSPS) is 9.71. The van der Waals surface area contributed by atoms with Gasteiger partial charge in [0.1, 0.15) is 6.54 Å². The third kappa shape index (κ3) is 3.67. The molecular weight excluding hydrogens is 222 g/mol. The molecule has 6 nitrogen and oxygen atoms in total. The maximum absolute atomic E-state index is 11.5. The number of carboxylic acids is 1. The first-order valence-electron chi connectivity index (χ1n) is 5.18. The predicted octanol–water partition coefficient (Wildman–Crippen LogP) is 0.515. The Balaban J connectivity index is 2.78. The van der Waals surface area contributed by atoms with Crippen LogP contribution < -0.4 is 16.4 Å². The van der Waals surface area contributed by atoms with Crippen LogP contribution in [0.4, 0.5) is 11.4 Å². The van der Waals surface area contributed by atoms with Gasteiger partial charge in [0.05, 0.1) is 11.4 Å². The SMILES string of the molecule is CCNC(=O)c1ccc(NCC(=O)O)c(N)c1. The summed E-state index contributed by atoms with van der Waals surface area (Å²) in [5, 5.41) is 13.8. The van der Waals surface area contributed by atoms with Crippen molar-refractivity contribution in [3.8, 4) is 0 Å². The molecule has 0 unspecified atom stereocenters. The minimum atomic E-state index is -0.975. The number of benzene rings is 1. The average molecular weight is 237 g/mol. The van der Waals surface area contributed by atoms with Crippen LogP contribution in [-0.2, 0) is 4.79 Å². The zero-order chi connectivity index (χ0) is 12.8. The van der Waals surface area contributed by atoms with Crippen LogP contribution in [-0.4, -0.2) is 30.1 Å². The zero-order valence-corrected chi connectivity index (χ0v) is 9.49. The van der Waals surface area contributed by atoms with Crippen LogP contribution in [0.15, 0.2) is 18.2 Å². The third-order valence-corrected chi connectivity index (χ3v) is 2.08. The lowest BCUT2D eigenvalue weighted by Gasteiger charge is -2.09. The number of nitrogens with two attached hydrogens (primary N) is 1. The molecule has 0 fully saturated rings. The first kappa shape index (κ1) is 12.8. The van der Waals surface area contributed by atoms with E-state index in [2.05, 4.69) is 10.6 Å². The van der Waals surface area contributed by atoms with Crippen molar-refractivity contribution in [2.45, 2.75) is 6.92 Å². The number of aliphatic carboxylic acids is 1. The van der Waals surface area contributed by atoms with Gasteiger partial charge in [-0.3, -0.25) is 9.59 Å². The highest BCUT2D eigenvalue weighted by molar-refractivity contribution is 5.96. The third-order valence-electron chi connectivity index (χ3n) is 2.08. The summed E-state index contributed by atoms with van der Waals surface area (Å²) in [4.78, 5) is 21.9. The largest absolute Gasteiger partial charge is 0.480 e. The Hall–Kier alpha value is -2.24. The molecule has 0 aromatic heterocycles. The molecule has 0 bridgehead atoms. The van der Waals surface area contributed by atoms with Crippen LogP contribution >= 0.6 is 0 Å². The van der Waals surface area contributed by atoms with Gasteiger partial charge in [0.25, 0.3) is 5.91 Å². The van der Waals surface area contributed by atoms with Gasteiger partial charge < -0.3 is 21.5 Å². The fourth-order valence-corrected chi connectivity index (χ4v) is 1.30. The van der Waals surface area contributed by atoms with E-state index in [4.69, 9.17) is 10.8 Å². The summed E-state index contributed by atoms with van der Waals surface area (Å²) in [7, 11) is 0. The van der Waals surface area contributed by atoms with Crippen molar-refractivity contribution in [3.63, 3.8) is 0 Å². The van der Waals surface area contributed by atoms with Gasteiger partial charge in [-0.2, -0.15) is 0 Å². The monoisotopic (exact) mass is 237 g/mol. The van der Waals surface area contributed by atoms with E-state index in [0.717, 1.165) is 0 Å².